The first-order chi connectivity index (χ1) is 8.08. The summed E-state index contributed by atoms with van der Waals surface area (Å²) < 4.78 is 10.7. The minimum absolute atomic E-state index is 0.0229. The van der Waals surface area contributed by atoms with E-state index in [1.54, 1.807) is 18.2 Å². The van der Waals surface area contributed by atoms with Crippen molar-refractivity contribution in [2.75, 3.05) is 13.7 Å². The highest BCUT2D eigenvalue weighted by Gasteiger charge is 2.08. The largest absolute Gasteiger partial charge is 0.493 e. The Morgan fingerprint density at radius 1 is 1.47 bits per heavy atom. The molecule has 3 N–H and O–H groups in total. The van der Waals surface area contributed by atoms with Crippen LogP contribution >= 0.6 is 0 Å². The predicted molar refractivity (Wildman–Crippen MR) is 65.8 cm³/mol. The second-order valence-electron chi connectivity index (χ2n) is 3.60. The van der Waals surface area contributed by atoms with Gasteiger partial charge in [-0.1, -0.05) is 11.7 Å². The van der Waals surface area contributed by atoms with E-state index in [4.69, 9.17) is 20.4 Å². The van der Waals surface area contributed by atoms with Crippen LogP contribution in [0.2, 0.25) is 0 Å². The van der Waals surface area contributed by atoms with Crippen molar-refractivity contribution in [2.45, 2.75) is 6.92 Å². The lowest BCUT2D eigenvalue weighted by atomic mass is 10.2. The average Bonchev–Trinajstić information content (AvgIpc) is 2.34. The summed E-state index contributed by atoms with van der Waals surface area (Å²) in [5.41, 5.74) is 6.95. The van der Waals surface area contributed by atoms with Crippen molar-refractivity contribution in [1.82, 2.24) is 0 Å². The van der Waals surface area contributed by atoms with Gasteiger partial charge in [0.05, 0.1) is 7.11 Å². The van der Waals surface area contributed by atoms with Gasteiger partial charge in [0.1, 0.15) is 6.61 Å². The number of oxime groups is 1. The third-order valence-corrected chi connectivity index (χ3v) is 2.04. The summed E-state index contributed by atoms with van der Waals surface area (Å²) in [5, 5.41) is 11.5. The average molecular weight is 236 g/mol. The lowest BCUT2D eigenvalue weighted by molar-refractivity contribution is 0.317. The van der Waals surface area contributed by atoms with Gasteiger partial charge in [-0.2, -0.15) is 0 Å². The van der Waals surface area contributed by atoms with Crippen molar-refractivity contribution in [1.29, 1.82) is 0 Å². The molecule has 5 heteroatoms. The number of nitrogens with zero attached hydrogens (tertiary/aromatic N) is 1. The molecule has 5 nitrogen and oxygen atoms in total. The maximum absolute atomic E-state index is 8.58. The van der Waals surface area contributed by atoms with E-state index in [0.717, 1.165) is 5.57 Å². The maximum Gasteiger partial charge on any atom is 0.170 e. The fourth-order valence-electron chi connectivity index (χ4n) is 1.20. The number of methoxy groups -OCH3 is 1. The third kappa shape index (κ3) is 3.41. The fraction of sp³-hybridized carbons (Fsp3) is 0.250. The summed E-state index contributed by atoms with van der Waals surface area (Å²) in [4.78, 5) is 0. The van der Waals surface area contributed by atoms with Crippen LogP contribution in [-0.4, -0.2) is 24.8 Å². The van der Waals surface area contributed by atoms with Crippen LogP contribution in [0.5, 0.6) is 11.5 Å². The van der Waals surface area contributed by atoms with Gasteiger partial charge in [-0.05, 0) is 30.7 Å². The standard InChI is InChI=1S/C12H16N2O3/c1-8(2)7-17-10-5-4-9(12(13)14-15)6-11(10)16-3/h4-6,15H,1,7H2,2-3H3,(H2,13,14). The van der Waals surface area contributed by atoms with Crippen molar-refractivity contribution in [3.05, 3.63) is 35.9 Å². The van der Waals surface area contributed by atoms with E-state index in [2.05, 4.69) is 11.7 Å². The monoisotopic (exact) mass is 236 g/mol. The van der Waals surface area contributed by atoms with Gasteiger partial charge in [-0.25, -0.2) is 0 Å². The first-order valence-electron chi connectivity index (χ1n) is 5.01. The first-order valence-corrected chi connectivity index (χ1v) is 5.01. The quantitative estimate of drug-likeness (QED) is 0.268. The van der Waals surface area contributed by atoms with Gasteiger partial charge < -0.3 is 20.4 Å². The van der Waals surface area contributed by atoms with Gasteiger partial charge in [0.2, 0.25) is 0 Å². The normalized spacial score (nSPS) is 11.1. The van der Waals surface area contributed by atoms with E-state index in [0.29, 0.717) is 23.7 Å². The van der Waals surface area contributed by atoms with E-state index in [-0.39, 0.29) is 5.84 Å². The molecule has 1 aromatic rings. The predicted octanol–water partition coefficient (Wildman–Crippen LogP) is 1.74. The Labute approximate surface area is 100 Å². The number of amidine groups is 1. The Balaban J connectivity index is 2.97. The Kier molecular flexibility index (Phi) is 4.39. The van der Waals surface area contributed by atoms with E-state index < -0.39 is 0 Å². The summed E-state index contributed by atoms with van der Waals surface area (Å²) in [6.45, 7) is 6.03. The number of rotatable bonds is 5. The van der Waals surface area contributed by atoms with Crippen molar-refractivity contribution >= 4 is 5.84 Å². The van der Waals surface area contributed by atoms with Crippen LogP contribution in [0.1, 0.15) is 12.5 Å². The number of hydrogen-bond donors (Lipinski definition) is 2. The van der Waals surface area contributed by atoms with Gasteiger partial charge in [0.15, 0.2) is 17.3 Å². The van der Waals surface area contributed by atoms with E-state index in [9.17, 15) is 0 Å². The molecule has 0 spiro atoms. The van der Waals surface area contributed by atoms with Gasteiger partial charge in [-0.15, -0.1) is 0 Å². The number of benzene rings is 1. The van der Waals surface area contributed by atoms with Crippen LogP contribution in [0.25, 0.3) is 0 Å². The molecule has 92 valence electrons. The molecular weight excluding hydrogens is 220 g/mol. The second kappa shape index (κ2) is 5.79. The first kappa shape index (κ1) is 12.9. The van der Waals surface area contributed by atoms with Gasteiger partial charge in [-0.3, -0.25) is 0 Å². The third-order valence-electron chi connectivity index (χ3n) is 2.04. The fourth-order valence-corrected chi connectivity index (χ4v) is 1.20. The van der Waals surface area contributed by atoms with Crippen LogP contribution in [0.15, 0.2) is 35.5 Å². The van der Waals surface area contributed by atoms with E-state index in [1.807, 2.05) is 6.92 Å². The molecule has 0 fully saturated rings. The Hall–Kier alpha value is -2.17. The summed E-state index contributed by atoms with van der Waals surface area (Å²) in [6.07, 6.45) is 0. The zero-order valence-corrected chi connectivity index (χ0v) is 9.93. The molecule has 0 aliphatic carbocycles. The molecule has 0 heterocycles. The lowest BCUT2D eigenvalue weighted by Gasteiger charge is -2.11. The topological polar surface area (TPSA) is 77.1 Å². The molecule has 0 aliphatic heterocycles. The lowest BCUT2D eigenvalue weighted by Crippen LogP contribution is -2.13. The van der Waals surface area contributed by atoms with Crippen LogP contribution in [0.3, 0.4) is 0 Å². The summed E-state index contributed by atoms with van der Waals surface area (Å²) >= 11 is 0. The highest BCUT2D eigenvalue weighted by Crippen LogP contribution is 2.28. The van der Waals surface area contributed by atoms with E-state index in [1.165, 1.54) is 7.11 Å². The smallest absolute Gasteiger partial charge is 0.170 e. The maximum atomic E-state index is 8.58. The number of ether oxygens (including phenoxy) is 2. The van der Waals surface area contributed by atoms with Gasteiger partial charge >= 0.3 is 0 Å². The number of hydrogen-bond acceptors (Lipinski definition) is 4. The minimum atomic E-state index is 0.0229. The summed E-state index contributed by atoms with van der Waals surface area (Å²) in [6, 6.07) is 5.03. The summed E-state index contributed by atoms with van der Waals surface area (Å²) in [7, 11) is 1.53. The van der Waals surface area contributed by atoms with Crippen LogP contribution in [0.4, 0.5) is 0 Å². The number of nitrogens with two attached hydrogens (primary N) is 1. The Morgan fingerprint density at radius 2 is 2.18 bits per heavy atom. The van der Waals surface area contributed by atoms with Crippen molar-refractivity contribution in [3.8, 4) is 11.5 Å². The minimum Gasteiger partial charge on any atom is -0.493 e. The molecule has 0 bridgehead atoms. The van der Waals surface area contributed by atoms with Gasteiger partial charge in [0.25, 0.3) is 0 Å². The SMILES string of the molecule is C=C(C)COc1ccc(/C(N)=N\O)cc1OC. The molecule has 0 aromatic heterocycles. The zero-order valence-electron chi connectivity index (χ0n) is 9.93. The molecule has 0 radical (unpaired) electrons. The summed E-state index contributed by atoms with van der Waals surface area (Å²) in [5.74, 6) is 1.13. The van der Waals surface area contributed by atoms with Crippen LogP contribution in [-0.2, 0) is 0 Å². The second-order valence-corrected chi connectivity index (χ2v) is 3.60. The van der Waals surface area contributed by atoms with Crippen molar-refractivity contribution in [2.24, 2.45) is 10.9 Å². The molecule has 1 rings (SSSR count). The van der Waals surface area contributed by atoms with Crippen LogP contribution < -0.4 is 15.2 Å². The molecule has 0 atom stereocenters. The molecule has 0 saturated heterocycles. The van der Waals surface area contributed by atoms with Crippen molar-refractivity contribution < 1.29 is 14.7 Å². The highest BCUT2D eigenvalue weighted by atomic mass is 16.5. The van der Waals surface area contributed by atoms with E-state index >= 15 is 0 Å². The molecule has 0 saturated carbocycles. The highest BCUT2D eigenvalue weighted by molar-refractivity contribution is 5.97. The molecule has 17 heavy (non-hydrogen) atoms. The van der Waals surface area contributed by atoms with Crippen LogP contribution in [0, 0.1) is 0 Å². The molecule has 1 aromatic carbocycles. The van der Waals surface area contributed by atoms with Crippen molar-refractivity contribution in [3.63, 3.8) is 0 Å². The molecular formula is C12H16N2O3. The molecule has 0 aliphatic rings. The molecule has 0 unspecified atom stereocenters. The van der Waals surface area contributed by atoms with Gasteiger partial charge in [0, 0.05) is 5.56 Å². The zero-order chi connectivity index (χ0) is 12.8. The Morgan fingerprint density at radius 3 is 2.71 bits per heavy atom. The molecule has 0 amide bonds. The Bertz CT molecular complexity index is 441.